The monoisotopic (exact) mass is 294 g/mol. The minimum atomic E-state index is -1.08. The molecule has 118 valence electrons. The van der Waals surface area contributed by atoms with Crippen LogP contribution in [-0.2, 0) is 28.8 Å². The van der Waals surface area contributed by atoms with Crippen molar-refractivity contribution in [2.75, 3.05) is 6.61 Å². The van der Waals surface area contributed by atoms with Crippen LogP contribution in [0.3, 0.4) is 0 Å². The SMILES string of the molecule is CC(C)OC(=O)OOC(=O)OC(C)C.CCOC(C)=O. The third-order valence-electron chi connectivity index (χ3n) is 1.19. The Bertz CT molecular complexity index is 276. The lowest BCUT2D eigenvalue weighted by Crippen LogP contribution is -2.18. The van der Waals surface area contributed by atoms with Gasteiger partial charge in [-0.15, -0.1) is 0 Å². The first-order valence-electron chi connectivity index (χ1n) is 6.08. The summed E-state index contributed by atoms with van der Waals surface area (Å²) in [4.78, 5) is 39.1. The lowest BCUT2D eigenvalue weighted by Gasteiger charge is -2.08. The Labute approximate surface area is 118 Å². The van der Waals surface area contributed by atoms with E-state index in [1.165, 1.54) is 6.92 Å². The zero-order valence-corrected chi connectivity index (χ0v) is 12.6. The summed E-state index contributed by atoms with van der Waals surface area (Å²) in [6.07, 6.45) is -2.85. The largest absolute Gasteiger partial charge is 0.550 e. The molecule has 0 fully saturated rings. The van der Waals surface area contributed by atoms with Gasteiger partial charge in [0.25, 0.3) is 0 Å². The van der Waals surface area contributed by atoms with Gasteiger partial charge in [0.05, 0.1) is 18.8 Å². The van der Waals surface area contributed by atoms with Gasteiger partial charge in [-0.05, 0) is 34.6 Å². The van der Waals surface area contributed by atoms with E-state index in [1.54, 1.807) is 34.6 Å². The fourth-order valence-corrected chi connectivity index (χ4v) is 0.695. The molecule has 0 saturated heterocycles. The summed E-state index contributed by atoms with van der Waals surface area (Å²) in [6, 6.07) is 0. The van der Waals surface area contributed by atoms with Crippen LogP contribution in [0.25, 0.3) is 0 Å². The van der Waals surface area contributed by atoms with E-state index in [4.69, 9.17) is 0 Å². The number of carbonyl (C=O) groups excluding carboxylic acids is 3. The minimum absolute atomic E-state index is 0.211. The van der Waals surface area contributed by atoms with Crippen molar-refractivity contribution in [2.24, 2.45) is 0 Å². The van der Waals surface area contributed by atoms with E-state index in [1.807, 2.05) is 0 Å². The molecule has 0 unspecified atom stereocenters. The molecule has 8 nitrogen and oxygen atoms in total. The molecule has 0 N–H and O–H groups in total. The van der Waals surface area contributed by atoms with Crippen LogP contribution in [0, 0.1) is 0 Å². The topological polar surface area (TPSA) is 97.4 Å². The molecule has 0 aromatic rings. The minimum Gasteiger partial charge on any atom is -0.466 e. The van der Waals surface area contributed by atoms with E-state index in [9.17, 15) is 14.4 Å². The summed E-state index contributed by atoms with van der Waals surface area (Å²) in [5.41, 5.74) is 0. The van der Waals surface area contributed by atoms with Gasteiger partial charge < -0.3 is 14.2 Å². The molecular weight excluding hydrogens is 272 g/mol. The molecule has 0 aliphatic carbocycles. The van der Waals surface area contributed by atoms with E-state index in [2.05, 4.69) is 24.0 Å². The van der Waals surface area contributed by atoms with Crippen molar-refractivity contribution in [1.29, 1.82) is 0 Å². The maximum atomic E-state index is 10.7. The molecule has 0 bridgehead atoms. The van der Waals surface area contributed by atoms with Crippen LogP contribution in [0.1, 0.15) is 41.5 Å². The van der Waals surface area contributed by atoms with Crippen LogP contribution in [0.5, 0.6) is 0 Å². The van der Waals surface area contributed by atoms with Gasteiger partial charge in [-0.25, -0.2) is 0 Å². The van der Waals surface area contributed by atoms with Gasteiger partial charge in [-0.3, -0.25) is 4.79 Å². The lowest BCUT2D eigenvalue weighted by molar-refractivity contribution is -0.222. The van der Waals surface area contributed by atoms with Gasteiger partial charge >= 0.3 is 18.3 Å². The van der Waals surface area contributed by atoms with Crippen LogP contribution in [0.4, 0.5) is 9.59 Å². The van der Waals surface area contributed by atoms with Crippen LogP contribution in [-0.4, -0.2) is 37.1 Å². The van der Waals surface area contributed by atoms with Crippen molar-refractivity contribution < 1.29 is 38.4 Å². The number of esters is 1. The molecule has 0 amide bonds. The van der Waals surface area contributed by atoms with Gasteiger partial charge in [0.1, 0.15) is 0 Å². The Morgan fingerprint density at radius 3 is 1.35 bits per heavy atom. The number of rotatable bonds is 3. The zero-order valence-electron chi connectivity index (χ0n) is 12.6. The van der Waals surface area contributed by atoms with E-state index in [0.717, 1.165) is 0 Å². The first kappa shape index (κ1) is 20.3. The van der Waals surface area contributed by atoms with Gasteiger partial charge in [-0.2, -0.15) is 19.4 Å². The number of carbonyl (C=O) groups is 3. The molecule has 0 aromatic carbocycles. The second kappa shape index (κ2) is 12.1. The molecule has 8 heteroatoms. The quantitative estimate of drug-likeness (QED) is 0.339. The van der Waals surface area contributed by atoms with Crippen LogP contribution < -0.4 is 0 Å². The second-order valence-electron chi connectivity index (χ2n) is 3.92. The number of ether oxygens (including phenoxy) is 3. The molecular formula is C12H22O8. The molecule has 0 saturated carbocycles. The molecule has 0 aromatic heterocycles. The smallest absolute Gasteiger partial charge is 0.466 e. The predicted octanol–water partition coefficient (Wildman–Crippen LogP) is 2.59. The van der Waals surface area contributed by atoms with Crippen molar-refractivity contribution >= 4 is 18.3 Å². The molecule has 0 aliphatic heterocycles. The highest BCUT2D eigenvalue weighted by Crippen LogP contribution is 1.97. The summed E-state index contributed by atoms with van der Waals surface area (Å²) in [6.45, 7) is 10.2. The normalized spacial score (nSPS) is 9.20. The Morgan fingerprint density at radius 2 is 1.20 bits per heavy atom. The molecule has 0 aliphatic rings. The predicted molar refractivity (Wildman–Crippen MR) is 67.7 cm³/mol. The third kappa shape index (κ3) is 18.4. The summed E-state index contributed by atoms with van der Waals surface area (Å²) >= 11 is 0. The fourth-order valence-electron chi connectivity index (χ4n) is 0.695. The Morgan fingerprint density at radius 1 is 0.850 bits per heavy atom. The summed E-state index contributed by atoms with van der Waals surface area (Å²) in [7, 11) is 0. The molecule has 0 atom stereocenters. The van der Waals surface area contributed by atoms with Crippen LogP contribution in [0.2, 0.25) is 0 Å². The first-order valence-corrected chi connectivity index (χ1v) is 6.08. The first-order chi connectivity index (χ1) is 9.18. The molecule has 0 heterocycles. The standard InChI is InChI=1S/C8H14O6.C4H8O2/c1-5(2)11-7(9)13-14-8(10)12-6(3)4;1-3-6-4(2)5/h5-6H,1-4H3;3H2,1-2H3. The molecule has 20 heavy (non-hydrogen) atoms. The van der Waals surface area contributed by atoms with Gasteiger partial charge in [0.15, 0.2) is 0 Å². The van der Waals surface area contributed by atoms with E-state index in [-0.39, 0.29) is 18.2 Å². The van der Waals surface area contributed by atoms with Crippen molar-refractivity contribution in [2.45, 2.75) is 53.8 Å². The van der Waals surface area contributed by atoms with Crippen molar-refractivity contribution in [3.8, 4) is 0 Å². The van der Waals surface area contributed by atoms with Crippen molar-refractivity contribution in [3.05, 3.63) is 0 Å². The second-order valence-corrected chi connectivity index (χ2v) is 3.92. The maximum Gasteiger partial charge on any atom is 0.550 e. The summed E-state index contributed by atoms with van der Waals surface area (Å²) in [5, 5.41) is 0. The average Bonchev–Trinajstić information content (AvgIpc) is 2.25. The van der Waals surface area contributed by atoms with Gasteiger partial charge in [-0.1, -0.05) is 0 Å². The highest BCUT2D eigenvalue weighted by Gasteiger charge is 2.13. The van der Waals surface area contributed by atoms with Crippen molar-refractivity contribution in [1.82, 2.24) is 0 Å². The number of hydrogen-bond donors (Lipinski definition) is 0. The highest BCUT2D eigenvalue weighted by atomic mass is 17.3. The summed E-state index contributed by atoms with van der Waals surface area (Å²) in [5.74, 6) is -0.211. The fraction of sp³-hybridized carbons (Fsp3) is 0.750. The Balaban J connectivity index is 0. The van der Waals surface area contributed by atoms with Gasteiger partial charge in [0, 0.05) is 6.92 Å². The maximum absolute atomic E-state index is 10.7. The van der Waals surface area contributed by atoms with Gasteiger partial charge in [0.2, 0.25) is 0 Å². The van der Waals surface area contributed by atoms with Crippen molar-refractivity contribution in [3.63, 3.8) is 0 Å². The molecule has 0 radical (unpaired) electrons. The Hall–Kier alpha value is -1.99. The third-order valence-corrected chi connectivity index (χ3v) is 1.19. The molecule has 0 rings (SSSR count). The molecule has 0 spiro atoms. The van der Waals surface area contributed by atoms with E-state index in [0.29, 0.717) is 6.61 Å². The highest BCUT2D eigenvalue weighted by molar-refractivity contribution is 5.65. The average molecular weight is 294 g/mol. The van der Waals surface area contributed by atoms with Crippen LogP contribution in [0.15, 0.2) is 0 Å². The van der Waals surface area contributed by atoms with Crippen LogP contribution >= 0.6 is 0 Å². The van der Waals surface area contributed by atoms with E-state index < -0.39 is 12.3 Å². The van der Waals surface area contributed by atoms with E-state index >= 15 is 0 Å². The number of hydrogen-bond acceptors (Lipinski definition) is 8. The lowest BCUT2D eigenvalue weighted by atomic mass is 10.5. The zero-order chi connectivity index (χ0) is 16.1. The Kier molecular flexibility index (Phi) is 12.3. The summed E-state index contributed by atoms with van der Waals surface area (Å²) < 4.78 is 13.4.